The third-order valence-electron chi connectivity index (χ3n) is 1.96. The first-order valence-corrected chi connectivity index (χ1v) is 4.98. The zero-order chi connectivity index (χ0) is 9.97. The average Bonchev–Trinajstić information content (AvgIpc) is 2.71. The van der Waals surface area contributed by atoms with E-state index in [1.54, 1.807) is 13.4 Å². The summed E-state index contributed by atoms with van der Waals surface area (Å²) in [5, 5.41) is 0. The highest BCUT2D eigenvalue weighted by Gasteiger charge is 2.06. The molecule has 2 aromatic rings. The molecule has 14 heavy (non-hydrogen) atoms. The van der Waals surface area contributed by atoms with Gasteiger partial charge in [-0.2, -0.15) is 0 Å². The van der Waals surface area contributed by atoms with Crippen LogP contribution < -0.4 is 4.74 Å². The molecule has 72 valence electrons. The van der Waals surface area contributed by atoms with Crippen molar-refractivity contribution in [3.63, 3.8) is 0 Å². The van der Waals surface area contributed by atoms with Gasteiger partial charge in [0.25, 0.3) is 0 Å². The molecule has 0 aliphatic heterocycles. The van der Waals surface area contributed by atoms with Crippen molar-refractivity contribution in [3.8, 4) is 17.1 Å². The first-order chi connectivity index (χ1) is 6.81. The number of hydrogen-bond acceptors (Lipinski definition) is 2. The molecule has 0 radical (unpaired) electrons. The van der Waals surface area contributed by atoms with Crippen LogP contribution in [0.25, 0.3) is 11.3 Å². The van der Waals surface area contributed by atoms with E-state index in [9.17, 15) is 0 Å². The Kier molecular flexibility index (Phi) is 2.59. The molecule has 0 unspecified atom stereocenters. The maximum Gasteiger partial charge on any atom is 0.135 e. The van der Waals surface area contributed by atoms with Crippen LogP contribution in [0.2, 0.25) is 0 Å². The molecule has 1 aromatic heterocycles. The summed E-state index contributed by atoms with van der Waals surface area (Å²) >= 11 is 3.47. The molecule has 1 heterocycles. The highest BCUT2D eigenvalue weighted by Crippen LogP contribution is 2.31. The van der Waals surface area contributed by atoms with Gasteiger partial charge in [-0.3, -0.25) is 0 Å². The van der Waals surface area contributed by atoms with Gasteiger partial charge in [0.1, 0.15) is 11.5 Å². The number of hydrogen-bond donors (Lipinski definition) is 0. The first kappa shape index (κ1) is 9.34. The molecule has 3 heteroatoms. The monoisotopic (exact) mass is 252 g/mol. The van der Waals surface area contributed by atoms with Crippen molar-refractivity contribution < 1.29 is 9.15 Å². The second kappa shape index (κ2) is 3.88. The van der Waals surface area contributed by atoms with Gasteiger partial charge in [-0.1, -0.05) is 15.9 Å². The Bertz CT molecular complexity index is 421. The Balaban J connectivity index is 2.51. The lowest BCUT2D eigenvalue weighted by atomic mass is 10.1. The fourth-order valence-corrected chi connectivity index (χ4v) is 1.69. The Morgan fingerprint density at radius 3 is 2.79 bits per heavy atom. The maximum atomic E-state index is 5.31. The molecule has 0 aliphatic rings. The molecular weight excluding hydrogens is 244 g/mol. The quantitative estimate of drug-likeness (QED) is 0.813. The average molecular weight is 253 g/mol. The number of benzene rings is 1. The summed E-state index contributed by atoms with van der Waals surface area (Å²) in [5.41, 5.74) is 0.995. The van der Waals surface area contributed by atoms with E-state index in [2.05, 4.69) is 15.9 Å². The second-order valence-electron chi connectivity index (χ2n) is 2.82. The summed E-state index contributed by atoms with van der Waals surface area (Å²) in [6.07, 6.45) is 1.65. The Morgan fingerprint density at radius 2 is 2.14 bits per heavy atom. The molecule has 0 N–H and O–H groups in total. The van der Waals surface area contributed by atoms with Crippen molar-refractivity contribution in [2.75, 3.05) is 7.11 Å². The van der Waals surface area contributed by atoms with Gasteiger partial charge < -0.3 is 9.15 Å². The van der Waals surface area contributed by atoms with Gasteiger partial charge in [-0.05, 0) is 30.3 Å². The Hall–Kier alpha value is -1.22. The van der Waals surface area contributed by atoms with Crippen molar-refractivity contribution in [3.05, 3.63) is 41.1 Å². The fourth-order valence-electron chi connectivity index (χ4n) is 1.25. The SMILES string of the molecule is COc1ccc(Br)c(-c2ccco2)c1. The van der Waals surface area contributed by atoms with Crippen LogP contribution in [0.15, 0.2) is 45.5 Å². The van der Waals surface area contributed by atoms with E-state index >= 15 is 0 Å². The first-order valence-electron chi connectivity index (χ1n) is 4.18. The van der Waals surface area contributed by atoms with Gasteiger partial charge in [0, 0.05) is 10.0 Å². The van der Waals surface area contributed by atoms with E-state index in [4.69, 9.17) is 9.15 Å². The number of rotatable bonds is 2. The van der Waals surface area contributed by atoms with Gasteiger partial charge in [-0.25, -0.2) is 0 Å². The smallest absolute Gasteiger partial charge is 0.135 e. The van der Waals surface area contributed by atoms with E-state index in [-0.39, 0.29) is 0 Å². The van der Waals surface area contributed by atoms with E-state index in [1.807, 2.05) is 30.3 Å². The third-order valence-corrected chi connectivity index (χ3v) is 2.65. The van der Waals surface area contributed by atoms with Gasteiger partial charge >= 0.3 is 0 Å². The number of ether oxygens (including phenoxy) is 1. The number of furan rings is 1. The molecule has 2 nitrogen and oxygen atoms in total. The molecule has 0 spiro atoms. The summed E-state index contributed by atoms with van der Waals surface area (Å²) in [6.45, 7) is 0. The van der Waals surface area contributed by atoms with Crippen LogP contribution in [0.1, 0.15) is 0 Å². The molecule has 0 amide bonds. The molecule has 0 saturated carbocycles. The molecule has 1 aromatic carbocycles. The number of halogens is 1. The molecule has 0 atom stereocenters. The predicted molar refractivity (Wildman–Crippen MR) is 58.4 cm³/mol. The highest BCUT2D eigenvalue weighted by molar-refractivity contribution is 9.10. The zero-order valence-electron chi connectivity index (χ0n) is 7.66. The molecular formula is C11H9BrO2. The highest BCUT2D eigenvalue weighted by atomic mass is 79.9. The van der Waals surface area contributed by atoms with E-state index in [1.165, 1.54) is 0 Å². The van der Waals surface area contributed by atoms with Crippen LogP contribution in [0.4, 0.5) is 0 Å². The lowest BCUT2D eigenvalue weighted by Crippen LogP contribution is -1.84. The lowest BCUT2D eigenvalue weighted by molar-refractivity contribution is 0.414. The Labute approximate surface area is 90.6 Å². The van der Waals surface area contributed by atoms with Crippen LogP contribution in [-0.2, 0) is 0 Å². The zero-order valence-corrected chi connectivity index (χ0v) is 9.24. The molecule has 0 aliphatic carbocycles. The van der Waals surface area contributed by atoms with Gasteiger partial charge in [0.15, 0.2) is 0 Å². The third kappa shape index (κ3) is 1.68. The summed E-state index contributed by atoms with van der Waals surface area (Å²) in [6, 6.07) is 9.55. The van der Waals surface area contributed by atoms with Crippen LogP contribution in [-0.4, -0.2) is 7.11 Å². The summed E-state index contributed by atoms with van der Waals surface area (Å²) in [5.74, 6) is 1.65. The summed E-state index contributed by atoms with van der Waals surface area (Å²) in [7, 11) is 1.65. The molecule has 0 saturated heterocycles. The Morgan fingerprint density at radius 1 is 1.29 bits per heavy atom. The minimum absolute atomic E-state index is 0.819. The normalized spacial score (nSPS) is 10.1. The predicted octanol–water partition coefficient (Wildman–Crippen LogP) is 3.72. The molecule has 0 fully saturated rings. The van der Waals surface area contributed by atoms with Crippen LogP contribution in [0, 0.1) is 0 Å². The minimum atomic E-state index is 0.819. The van der Waals surface area contributed by atoms with Crippen LogP contribution in [0.5, 0.6) is 5.75 Å². The van der Waals surface area contributed by atoms with E-state index in [0.717, 1.165) is 21.5 Å². The summed E-state index contributed by atoms with van der Waals surface area (Å²) < 4.78 is 11.5. The van der Waals surface area contributed by atoms with E-state index < -0.39 is 0 Å². The van der Waals surface area contributed by atoms with Gasteiger partial charge in [0.05, 0.1) is 13.4 Å². The standard InChI is InChI=1S/C11H9BrO2/c1-13-8-4-5-10(12)9(7-8)11-3-2-6-14-11/h2-7H,1H3. The fraction of sp³-hybridized carbons (Fsp3) is 0.0909. The van der Waals surface area contributed by atoms with E-state index in [0.29, 0.717) is 0 Å². The van der Waals surface area contributed by atoms with Gasteiger partial charge in [0.2, 0.25) is 0 Å². The van der Waals surface area contributed by atoms with Crippen molar-refractivity contribution in [1.82, 2.24) is 0 Å². The minimum Gasteiger partial charge on any atom is -0.497 e. The van der Waals surface area contributed by atoms with Gasteiger partial charge in [-0.15, -0.1) is 0 Å². The van der Waals surface area contributed by atoms with Crippen molar-refractivity contribution in [1.29, 1.82) is 0 Å². The van der Waals surface area contributed by atoms with Crippen molar-refractivity contribution in [2.24, 2.45) is 0 Å². The van der Waals surface area contributed by atoms with Crippen LogP contribution in [0.3, 0.4) is 0 Å². The second-order valence-corrected chi connectivity index (χ2v) is 3.68. The number of methoxy groups -OCH3 is 1. The summed E-state index contributed by atoms with van der Waals surface area (Å²) in [4.78, 5) is 0. The van der Waals surface area contributed by atoms with Crippen LogP contribution >= 0.6 is 15.9 Å². The molecule has 2 rings (SSSR count). The van der Waals surface area contributed by atoms with Crippen molar-refractivity contribution >= 4 is 15.9 Å². The largest absolute Gasteiger partial charge is 0.497 e. The maximum absolute atomic E-state index is 5.31. The topological polar surface area (TPSA) is 22.4 Å². The molecule has 0 bridgehead atoms. The lowest BCUT2D eigenvalue weighted by Gasteiger charge is -2.04. The van der Waals surface area contributed by atoms with Crippen molar-refractivity contribution in [2.45, 2.75) is 0 Å².